The summed E-state index contributed by atoms with van der Waals surface area (Å²) in [4.78, 5) is 4.42. The fourth-order valence-electron chi connectivity index (χ4n) is 2.57. The first kappa shape index (κ1) is 12.6. The Morgan fingerprint density at radius 3 is 2.76 bits per heavy atom. The van der Waals surface area contributed by atoms with Crippen LogP contribution in [0.1, 0.15) is 18.7 Å². The van der Waals surface area contributed by atoms with Crippen molar-refractivity contribution in [2.24, 2.45) is 5.73 Å². The maximum absolute atomic E-state index is 6.34. The summed E-state index contributed by atoms with van der Waals surface area (Å²) >= 11 is 0. The molecule has 0 aliphatic carbocycles. The number of benzene rings is 1. The molecule has 1 fully saturated rings. The van der Waals surface area contributed by atoms with Gasteiger partial charge in [-0.2, -0.15) is 4.98 Å². The van der Waals surface area contributed by atoms with Crippen molar-refractivity contribution in [1.29, 1.82) is 0 Å². The molecule has 21 heavy (non-hydrogen) atoms. The van der Waals surface area contributed by atoms with Crippen LogP contribution in [-0.4, -0.2) is 23.4 Å². The number of para-hydroxylation sites is 1. The van der Waals surface area contributed by atoms with Crippen molar-refractivity contribution in [1.82, 2.24) is 10.1 Å². The Morgan fingerprint density at radius 2 is 1.95 bits per heavy atom. The van der Waals surface area contributed by atoms with Gasteiger partial charge in [0.1, 0.15) is 11.1 Å². The zero-order valence-corrected chi connectivity index (χ0v) is 11.4. The van der Waals surface area contributed by atoms with Crippen LogP contribution in [0, 0.1) is 0 Å². The Bertz CT molecular complexity index is 738. The number of fused-ring (bicyclic) bond motifs is 1. The lowest BCUT2D eigenvalue weighted by molar-refractivity contribution is 0.0400. The Morgan fingerprint density at radius 1 is 1.14 bits per heavy atom. The Labute approximate surface area is 120 Å². The van der Waals surface area contributed by atoms with Crippen LogP contribution in [0.4, 0.5) is 0 Å². The van der Waals surface area contributed by atoms with Gasteiger partial charge in [0.15, 0.2) is 5.76 Å². The van der Waals surface area contributed by atoms with Crippen molar-refractivity contribution in [2.75, 3.05) is 13.2 Å². The third-order valence-corrected chi connectivity index (χ3v) is 3.88. The first-order valence-corrected chi connectivity index (χ1v) is 6.94. The molecule has 108 valence electrons. The third-order valence-electron chi connectivity index (χ3n) is 3.88. The molecule has 0 saturated carbocycles. The second kappa shape index (κ2) is 4.68. The van der Waals surface area contributed by atoms with Crippen molar-refractivity contribution >= 4 is 11.0 Å². The zero-order valence-electron chi connectivity index (χ0n) is 11.4. The van der Waals surface area contributed by atoms with Crippen LogP contribution in [0.5, 0.6) is 0 Å². The lowest BCUT2D eigenvalue weighted by Crippen LogP contribution is -2.42. The molecule has 6 nitrogen and oxygen atoms in total. The van der Waals surface area contributed by atoms with Crippen LogP contribution >= 0.6 is 0 Å². The fraction of sp³-hybridized carbons (Fsp3) is 0.333. The van der Waals surface area contributed by atoms with Gasteiger partial charge in [0.05, 0.1) is 0 Å². The predicted octanol–water partition coefficient (Wildman–Crippen LogP) is 2.45. The molecule has 3 aromatic rings. The molecule has 3 heterocycles. The molecule has 2 N–H and O–H groups in total. The molecule has 1 aromatic carbocycles. The molecule has 2 aromatic heterocycles. The topological polar surface area (TPSA) is 87.3 Å². The van der Waals surface area contributed by atoms with E-state index in [1.54, 1.807) is 0 Å². The summed E-state index contributed by atoms with van der Waals surface area (Å²) in [6, 6.07) is 9.67. The molecule has 1 aliphatic heterocycles. The number of aromatic nitrogens is 2. The highest BCUT2D eigenvalue weighted by atomic mass is 16.5. The minimum absolute atomic E-state index is 0.428. The van der Waals surface area contributed by atoms with Gasteiger partial charge in [-0.3, -0.25) is 0 Å². The van der Waals surface area contributed by atoms with Crippen LogP contribution in [-0.2, 0) is 10.3 Å². The summed E-state index contributed by atoms with van der Waals surface area (Å²) in [7, 11) is 0. The number of furan rings is 1. The Kier molecular flexibility index (Phi) is 2.80. The first-order chi connectivity index (χ1) is 10.2. The maximum atomic E-state index is 6.34. The molecule has 6 heteroatoms. The van der Waals surface area contributed by atoms with Crippen LogP contribution < -0.4 is 5.73 Å². The molecular weight excluding hydrogens is 270 g/mol. The minimum Gasteiger partial charge on any atom is -0.453 e. The van der Waals surface area contributed by atoms with Gasteiger partial charge in [-0.25, -0.2) is 0 Å². The van der Waals surface area contributed by atoms with E-state index in [2.05, 4.69) is 10.1 Å². The van der Waals surface area contributed by atoms with Crippen molar-refractivity contribution in [3.63, 3.8) is 0 Å². The summed E-state index contributed by atoms with van der Waals surface area (Å²) in [5, 5.41) is 5.01. The smallest absolute Gasteiger partial charge is 0.247 e. The average Bonchev–Trinajstić information content (AvgIpc) is 3.15. The van der Waals surface area contributed by atoms with E-state index in [-0.39, 0.29) is 0 Å². The molecule has 0 amide bonds. The molecule has 1 saturated heterocycles. The number of rotatable bonds is 2. The summed E-state index contributed by atoms with van der Waals surface area (Å²) < 4.78 is 16.4. The van der Waals surface area contributed by atoms with E-state index in [0.717, 1.165) is 11.0 Å². The second-order valence-corrected chi connectivity index (χ2v) is 5.34. The highest BCUT2D eigenvalue weighted by Crippen LogP contribution is 2.31. The number of nitrogens with two attached hydrogens (primary N) is 1. The Hall–Kier alpha value is -2.18. The van der Waals surface area contributed by atoms with Crippen LogP contribution in [0.3, 0.4) is 0 Å². The molecule has 0 spiro atoms. The largest absolute Gasteiger partial charge is 0.453 e. The number of nitrogens with zero attached hydrogens (tertiary/aromatic N) is 2. The lowest BCUT2D eigenvalue weighted by Gasteiger charge is -2.29. The lowest BCUT2D eigenvalue weighted by atomic mass is 9.91. The summed E-state index contributed by atoms with van der Waals surface area (Å²) in [6.45, 7) is 1.22. The van der Waals surface area contributed by atoms with E-state index < -0.39 is 5.54 Å². The standard InChI is InChI=1S/C15H15N3O3/c16-15(5-7-19-8-6-15)14-17-13(18-21-14)12-9-10-3-1-2-4-11(10)20-12/h1-4,9H,5-8,16H2. The summed E-state index contributed by atoms with van der Waals surface area (Å²) in [5.74, 6) is 1.46. The first-order valence-electron chi connectivity index (χ1n) is 6.94. The molecule has 0 atom stereocenters. The van der Waals surface area contributed by atoms with Gasteiger partial charge in [0.2, 0.25) is 11.7 Å². The van der Waals surface area contributed by atoms with Gasteiger partial charge in [0.25, 0.3) is 0 Å². The number of ether oxygens (including phenoxy) is 1. The average molecular weight is 285 g/mol. The van der Waals surface area contributed by atoms with E-state index >= 15 is 0 Å². The second-order valence-electron chi connectivity index (χ2n) is 5.34. The van der Waals surface area contributed by atoms with E-state index in [0.29, 0.717) is 43.5 Å². The van der Waals surface area contributed by atoms with E-state index in [9.17, 15) is 0 Å². The van der Waals surface area contributed by atoms with Gasteiger partial charge >= 0.3 is 0 Å². The van der Waals surface area contributed by atoms with Crippen molar-refractivity contribution in [2.45, 2.75) is 18.4 Å². The molecule has 4 rings (SSSR count). The number of hydrogen-bond acceptors (Lipinski definition) is 6. The highest BCUT2D eigenvalue weighted by molar-refractivity contribution is 5.81. The van der Waals surface area contributed by atoms with Gasteiger partial charge in [-0.15, -0.1) is 0 Å². The minimum atomic E-state index is -0.602. The third kappa shape index (κ3) is 2.12. The Balaban J connectivity index is 1.70. The maximum Gasteiger partial charge on any atom is 0.247 e. The van der Waals surface area contributed by atoms with Crippen LogP contribution in [0.15, 0.2) is 39.3 Å². The predicted molar refractivity (Wildman–Crippen MR) is 75.4 cm³/mol. The zero-order chi connectivity index (χ0) is 14.3. The SMILES string of the molecule is NC1(c2nc(-c3cc4ccccc4o3)no2)CCOCC1. The van der Waals surface area contributed by atoms with Crippen molar-refractivity contribution < 1.29 is 13.7 Å². The molecular formula is C15H15N3O3. The molecule has 0 unspecified atom stereocenters. The monoisotopic (exact) mass is 285 g/mol. The van der Waals surface area contributed by atoms with Gasteiger partial charge in [-0.1, -0.05) is 23.4 Å². The number of hydrogen-bond donors (Lipinski definition) is 1. The van der Waals surface area contributed by atoms with Crippen LogP contribution in [0.25, 0.3) is 22.6 Å². The summed E-state index contributed by atoms with van der Waals surface area (Å²) in [5.41, 5.74) is 6.54. The van der Waals surface area contributed by atoms with E-state index in [4.69, 9.17) is 19.4 Å². The normalized spacial score (nSPS) is 18.1. The molecule has 1 aliphatic rings. The van der Waals surface area contributed by atoms with E-state index in [1.165, 1.54) is 0 Å². The van der Waals surface area contributed by atoms with Crippen LogP contribution in [0.2, 0.25) is 0 Å². The van der Waals surface area contributed by atoms with Gasteiger partial charge in [-0.05, 0) is 25.0 Å². The highest BCUT2D eigenvalue weighted by Gasteiger charge is 2.36. The molecule has 0 bridgehead atoms. The van der Waals surface area contributed by atoms with Crippen molar-refractivity contribution in [3.8, 4) is 11.6 Å². The fourth-order valence-corrected chi connectivity index (χ4v) is 2.57. The van der Waals surface area contributed by atoms with Gasteiger partial charge < -0.3 is 19.4 Å². The summed E-state index contributed by atoms with van der Waals surface area (Å²) in [6.07, 6.45) is 1.35. The van der Waals surface area contributed by atoms with Crippen molar-refractivity contribution in [3.05, 3.63) is 36.2 Å². The quantitative estimate of drug-likeness (QED) is 0.778. The van der Waals surface area contributed by atoms with Gasteiger partial charge in [0, 0.05) is 18.6 Å². The molecule has 0 radical (unpaired) electrons. The van der Waals surface area contributed by atoms with E-state index in [1.807, 2.05) is 30.3 Å².